The van der Waals surface area contributed by atoms with E-state index in [0.717, 1.165) is 40.0 Å². The number of carbonyl (C=O) groups excluding carboxylic acids is 3. The molecule has 4 rings (SSSR count). The number of quaternary nitrogens is 1. The summed E-state index contributed by atoms with van der Waals surface area (Å²) in [5, 5.41) is 19.1. The van der Waals surface area contributed by atoms with Crippen LogP contribution >= 0.6 is 11.6 Å². The molecule has 0 aromatic heterocycles. The first-order valence-corrected chi connectivity index (χ1v) is 14.0. The van der Waals surface area contributed by atoms with Crippen molar-refractivity contribution in [3.8, 4) is 6.07 Å². The largest absolute Gasteiger partial charge is 0.471 e. The standard InChI is InChI=1S/C29H26ClF3N6O3.C2H4O2/c1-17-24(26(40)42-2)25(23-9-8-18(15-34)13-19(23)5-4-11-37-12-10-21(30)16-37)39(28(36)41)27(35)38(17)22-7-3-6-20(14-22)29(31,32)33;1-4-2-3/h3,6-10,12-14,16,25,35H,4-5,11H2,1-2H3,(H2,36,41);2H,1H3/p+1/t25-;/m1./s1. The van der Waals surface area contributed by atoms with Gasteiger partial charge in [-0.15, -0.1) is 0 Å². The molecule has 0 radical (unpaired) electrons. The van der Waals surface area contributed by atoms with Gasteiger partial charge in [-0.1, -0.05) is 23.7 Å². The number of rotatable bonds is 8. The van der Waals surface area contributed by atoms with E-state index in [2.05, 4.69) is 10.8 Å². The van der Waals surface area contributed by atoms with Crippen molar-refractivity contribution in [2.24, 2.45) is 5.73 Å². The van der Waals surface area contributed by atoms with E-state index >= 15 is 0 Å². The lowest BCUT2D eigenvalue weighted by atomic mass is 9.87. The first kappa shape index (κ1) is 35.4. The molecule has 2 atom stereocenters. The molecule has 0 aliphatic carbocycles. The van der Waals surface area contributed by atoms with Gasteiger partial charge in [0, 0.05) is 23.9 Å². The van der Waals surface area contributed by atoms with Gasteiger partial charge in [-0.2, -0.15) is 18.4 Å². The molecule has 11 nitrogen and oxygen atoms in total. The number of esters is 1. The molecule has 0 spiro atoms. The van der Waals surface area contributed by atoms with Gasteiger partial charge in [-0.05, 0) is 54.8 Å². The fourth-order valence-corrected chi connectivity index (χ4v) is 5.33. The first-order chi connectivity index (χ1) is 21.8. The second-order valence-corrected chi connectivity index (χ2v) is 10.4. The maximum absolute atomic E-state index is 13.5. The summed E-state index contributed by atoms with van der Waals surface area (Å²) in [4.78, 5) is 38.0. The van der Waals surface area contributed by atoms with Crippen molar-refractivity contribution in [3.63, 3.8) is 0 Å². The number of hydrogen-bond donors (Lipinski definition) is 3. The van der Waals surface area contributed by atoms with Crippen LogP contribution in [0.1, 0.15) is 41.6 Å². The number of benzene rings is 2. The Labute approximate surface area is 268 Å². The molecule has 2 amide bonds. The van der Waals surface area contributed by atoms with Crippen LogP contribution < -0.4 is 15.5 Å². The predicted octanol–water partition coefficient (Wildman–Crippen LogP) is 4.12. The van der Waals surface area contributed by atoms with Gasteiger partial charge < -0.3 is 15.2 Å². The average Bonchev–Trinajstić information content (AvgIpc) is 3.44. The van der Waals surface area contributed by atoms with Gasteiger partial charge in [-0.3, -0.25) is 24.9 Å². The summed E-state index contributed by atoms with van der Waals surface area (Å²) in [6.45, 7) is 2.49. The normalized spacial score (nSPS) is 17.5. The van der Waals surface area contributed by atoms with Crippen LogP contribution in [0.2, 0.25) is 0 Å². The molecule has 2 aliphatic rings. The molecule has 2 heterocycles. The fourth-order valence-electron chi connectivity index (χ4n) is 5.13. The molecule has 0 saturated heterocycles. The molecule has 0 bridgehead atoms. The Bertz CT molecular complexity index is 1650. The Kier molecular flexibility index (Phi) is 11.7. The van der Waals surface area contributed by atoms with Crippen molar-refractivity contribution in [1.82, 2.24) is 4.90 Å². The highest BCUT2D eigenvalue weighted by molar-refractivity contribution is 6.31. The third kappa shape index (κ3) is 7.92. The van der Waals surface area contributed by atoms with Crippen molar-refractivity contribution in [2.75, 3.05) is 25.7 Å². The summed E-state index contributed by atoms with van der Waals surface area (Å²) in [6.07, 6.45) is 1.90. The number of ether oxygens (including phenoxy) is 2. The number of urea groups is 1. The van der Waals surface area contributed by atoms with Crippen LogP contribution in [-0.2, 0) is 31.7 Å². The zero-order chi connectivity index (χ0) is 34.2. The number of halogens is 4. The molecular weight excluding hydrogens is 629 g/mol. The number of allylic oxidation sites excluding steroid dienone is 3. The number of aryl methyl sites for hydroxylation is 1. The SMILES string of the molecule is COC(=O)C1=C(C)N(c2cccc(C(F)(F)F)c2)C(=N)N(C(N)=O)[C@@H]1c1ccc(C#N)cc1CCC[NH+]1C=CC(Cl)=C1.COC=O. The molecular formula is C31H31ClF3N6O5+. The summed E-state index contributed by atoms with van der Waals surface area (Å²) < 4.78 is 49.5. The van der Waals surface area contributed by atoms with Crippen LogP contribution in [0.4, 0.5) is 23.7 Å². The highest BCUT2D eigenvalue weighted by Gasteiger charge is 2.44. The van der Waals surface area contributed by atoms with Crippen LogP contribution in [0.25, 0.3) is 0 Å². The Morgan fingerprint density at radius 2 is 1.91 bits per heavy atom. The molecule has 15 heteroatoms. The topological polar surface area (TPSA) is 154 Å². The Morgan fingerprint density at radius 3 is 2.46 bits per heavy atom. The van der Waals surface area contributed by atoms with Crippen LogP contribution in [0.15, 0.2) is 77.2 Å². The van der Waals surface area contributed by atoms with Crippen LogP contribution in [-0.4, -0.2) is 50.1 Å². The van der Waals surface area contributed by atoms with Gasteiger partial charge in [0.05, 0.1) is 48.6 Å². The van der Waals surface area contributed by atoms with E-state index in [1.54, 1.807) is 18.2 Å². The van der Waals surface area contributed by atoms with Crippen LogP contribution in [0.3, 0.4) is 0 Å². The van der Waals surface area contributed by atoms with Crippen molar-refractivity contribution < 1.29 is 41.9 Å². The average molecular weight is 660 g/mol. The molecule has 2 aromatic rings. The highest BCUT2D eigenvalue weighted by atomic mass is 35.5. The maximum Gasteiger partial charge on any atom is 0.416 e. The Morgan fingerprint density at radius 1 is 1.22 bits per heavy atom. The van der Waals surface area contributed by atoms with Gasteiger partial charge in [0.1, 0.15) is 18.4 Å². The molecule has 0 fully saturated rings. The number of nitrogens with zero attached hydrogens (tertiary/aromatic N) is 3. The monoisotopic (exact) mass is 659 g/mol. The maximum atomic E-state index is 13.5. The number of carbonyl (C=O) groups is 3. The van der Waals surface area contributed by atoms with Gasteiger partial charge in [0.25, 0.3) is 6.47 Å². The summed E-state index contributed by atoms with van der Waals surface area (Å²) in [7, 11) is 2.44. The van der Waals surface area contributed by atoms with E-state index in [9.17, 15) is 28.0 Å². The number of methoxy groups -OCH3 is 2. The lowest BCUT2D eigenvalue weighted by Crippen LogP contribution is -3.01. The Hall–Kier alpha value is -5.13. The summed E-state index contributed by atoms with van der Waals surface area (Å²) >= 11 is 6.03. The number of nitriles is 1. The van der Waals surface area contributed by atoms with Crippen molar-refractivity contribution in [1.29, 1.82) is 10.7 Å². The number of guanidine groups is 1. The molecule has 2 aliphatic heterocycles. The molecule has 2 aromatic carbocycles. The second kappa shape index (κ2) is 15.2. The predicted molar refractivity (Wildman–Crippen MR) is 162 cm³/mol. The van der Waals surface area contributed by atoms with Gasteiger partial charge in [0.2, 0.25) is 5.96 Å². The number of primary amides is 1. The quantitative estimate of drug-likeness (QED) is 0.285. The van der Waals surface area contributed by atoms with Crippen molar-refractivity contribution >= 4 is 41.7 Å². The number of nitrogens with one attached hydrogen (secondary N) is 2. The number of nitrogens with two attached hydrogens (primary N) is 1. The van der Waals surface area contributed by atoms with E-state index in [-0.39, 0.29) is 17.0 Å². The lowest BCUT2D eigenvalue weighted by molar-refractivity contribution is -0.787. The molecule has 0 saturated carbocycles. The van der Waals surface area contributed by atoms with Crippen LogP contribution in [0.5, 0.6) is 0 Å². The smallest absolute Gasteiger partial charge is 0.416 e. The minimum Gasteiger partial charge on any atom is -0.471 e. The fraction of sp³-hybridized carbons (Fsp3) is 0.258. The third-order valence-corrected chi connectivity index (χ3v) is 7.36. The first-order valence-electron chi connectivity index (χ1n) is 13.6. The zero-order valence-electron chi connectivity index (χ0n) is 25.0. The number of amides is 2. The minimum atomic E-state index is -4.67. The van der Waals surface area contributed by atoms with E-state index in [0.29, 0.717) is 47.6 Å². The van der Waals surface area contributed by atoms with E-state index in [1.807, 2.05) is 12.4 Å². The van der Waals surface area contributed by atoms with Gasteiger partial charge >= 0.3 is 18.2 Å². The van der Waals surface area contributed by atoms with Gasteiger partial charge in [-0.25, -0.2) is 9.59 Å². The second-order valence-electron chi connectivity index (χ2n) is 9.96. The Balaban J connectivity index is 0.00000136. The van der Waals surface area contributed by atoms with Crippen molar-refractivity contribution in [2.45, 2.75) is 32.0 Å². The highest BCUT2D eigenvalue weighted by Crippen LogP contribution is 2.42. The van der Waals surface area contributed by atoms with Crippen LogP contribution in [0, 0.1) is 16.7 Å². The zero-order valence-corrected chi connectivity index (χ0v) is 25.8. The summed E-state index contributed by atoms with van der Waals surface area (Å²) in [5.41, 5.74) is 6.04. The van der Waals surface area contributed by atoms with E-state index in [1.165, 1.54) is 26.2 Å². The van der Waals surface area contributed by atoms with E-state index < -0.39 is 35.7 Å². The number of alkyl halides is 3. The lowest BCUT2D eigenvalue weighted by Gasteiger charge is -2.43. The number of anilines is 1. The third-order valence-electron chi connectivity index (χ3n) is 7.13. The number of hydrogen-bond acceptors (Lipinski definition) is 7. The molecule has 46 heavy (non-hydrogen) atoms. The van der Waals surface area contributed by atoms with Crippen molar-refractivity contribution in [3.05, 3.63) is 99.5 Å². The van der Waals surface area contributed by atoms with Gasteiger partial charge in [0.15, 0.2) is 0 Å². The molecule has 4 N–H and O–H groups in total. The molecule has 242 valence electrons. The minimum absolute atomic E-state index is 0.0791. The summed E-state index contributed by atoms with van der Waals surface area (Å²) in [6, 6.07) is 8.63. The van der Waals surface area contributed by atoms with E-state index in [4.69, 9.17) is 32.3 Å². The molecule has 1 unspecified atom stereocenters. The summed E-state index contributed by atoms with van der Waals surface area (Å²) in [5.74, 6) is -1.42.